The Morgan fingerprint density at radius 2 is 1.97 bits per heavy atom. The topological polar surface area (TPSA) is 65.9 Å². The van der Waals surface area contributed by atoms with Crippen molar-refractivity contribution in [1.29, 1.82) is 0 Å². The number of amides is 1. The van der Waals surface area contributed by atoms with Gasteiger partial charge in [0.05, 0.1) is 12.1 Å². The summed E-state index contributed by atoms with van der Waals surface area (Å²) in [5.41, 5.74) is 3.16. The zero-order valence-electron chi connectivity index (χ0n) is 23.3. The predicted octanol–water partition coefficient (Wildman–Crippen LogP) is 7.17. The van der Waals surface area contributed by atoms with Crippen molar-refractivity contribution >= 4 is 25.7 Å². The summed E-state index contributed by atoms with van der Waals surface area (Å²) in [6.07, 6.45) is 2.77. The van der Waals surface area contributed by atoms with E-state index in [1.54, 1.807) is 22.4 Å². The van der Waals surface area contributed by atoms with Crippen LogP contribution in [0.3, 0.4) is 0 Å². The fourth-order valence-corrected chi connectivity index (χ4v) is 6.82. The van der Waals surface area contributed by atoms with Crippen molar-refractivity contribution in [1.82, 2.24) is 14.8 Å². The molecule has 2 atom stereocenters. The molecule has 0 radical (unpaired) electrons. The Kier molecular flexibility index (Phi) is 9.08. The summed E-state index contributed by atoms with van der Waals surface area (Å²) in [4.78, 5) is 21.1. The van der Waals surface area contributed by atoms with Crippen LogP contribution in [-0.4, -0.2) is 66.6 Å². The Morgan fingerprint density at radius 3 is 2.63 bits per heavy atom. The van der Waals surface area contributed by atoms with Crippen molar-refractivity contribution in [2.24, 2.45) is 0 Å². The molecule has 1 aromatic heterocycles. The van der Waals surface area contributed by atoms with Crippen molar-refractivity contribution in [3.63, 3.8) is 0 Å². The molecule has 0 saturated carbocycles. The van der Waals surface area contributed by atoms with Gasteiger partial charge in [0.15, 0.2) is 8.32 Å². The summed E-state index contributed by atoms with van der Waals surface area (Å²) >= 11 is 1.59. The van der Waals surface area contributed by atoms with Crippen molar-refractivity contribution in [3.05, 3.63) is 77.3 Å². The average Bonchev–Trinajstić information content (AvgIpc) is 3.56. The molecule has 1 N–H and O–H groups in total. The molecule has 1 saturated heterocycles. The molecule has 204 valence electrons. The number of carboxylic acid groups (broad SMARTS) is 1. The Morgan fingerprint density at radius 1 is 1.21 bits per heavy atom. The monoisotopic (exact) mass is 551 g/mol. The molecule has 1 amide bonds. The van der Waals surface area contributed by atoms with Crippen LogP contribution in [0.25, 0.3) is 10.6 Å². The molecule has 1 aliphatic heterocycles. The van der Waals surface area contributed by atoms with Gasteiger partial charge < -0.3 is 9.53 Å². The lowest BCUT2D eigenvalue weighted by Gasteiger charge is -2.38. The smallest absolute Gasteiger partial charge is 0.407 e. The van der Waals surface area contributed by atoms with Crippen LogP contribution in [0, 0.1) is 0 Å². The Balaban J connectivity index is 1.57. The number of hydrogen-bond donors (Lipinski definition) is 1. The normalized spacial score (nSPS) is 17.4. The molecule has 0 unspecified atom stereocenters. The van der Waals surface area contributed by atoms with Gasteiger partial charge in [0.1, 0.15) is 5.01 Å². The first-order chi connectivity index (χ1) is 18.0. The van der Waals surface area contributed by atoms with Crippen LogP contribution in [0.2, 0.25) is 18.1 Å². The first-order valence-electron chi connectivity index (χ1n) is 13.5. The Bertz CT molecular complexity index is 1180. The molecule has 4 rings (SSSR count). The van der Waals surface area contributed by atoms with Crippen molar-refractivity contribution in [2.45, 2.75) is 63.9 Å². The summed E-state index contributed by atoms with van der Waals surface area (Å²) in [6.45, 7) is 14.2. The molecule has 2 aromatic carbocycles. The van der Waals surface area contributed by atoms with Gasteiger partial charge >= 0.3 is 6.09 Å². The highest BCUT2D eigenvalue weighted by atomic mass is 32.1. The van der Waals surface area contributed by atoms with Crippen molar-refractivity contribution in [2.75, 3.05) is 26.2 Å². The molecule has 6 nitrogen and oxygen atoms in total. The quantitative estimate of drug-likeness (QED) is 0.271. The molecule has 1 fully saturated rings. The lowest BCUT2D eigenvalue weighted by Crippen LogP contribution is -2.45. The zero-order valence-corrected chi connectivity index (χ0v) is 25.1. The minimum Gasteiger partial charge on any atom is -0.465 e. The fraction of sp³-hybridized carbons (Fsp3) is 0.467. The standard InChI is InChI=1S/C30H41N3O3SSi/c1-30(2,3)38(4,5)36-26-15-17-32(21-26)22-27(24-12-9-13-25(20-24)28-31-16-19-37-28)33(29(34)35)18-14-23-10-7-6-8-11-23/h6-13,16,19-20,26-27H,14-15,17-18,21-22H2,1-5H3,(H,34,35)/t26-,27+/m0/s1. The van der Waals surface area contributed by atoms with Crippen LogP contribution in [0.15, 0.2) is 66.2 Å². The number of aromatic nitrogens is 1. The SMILES string of the molecule is CC(C)(C)[Si](C)(C)O[C@H]1CCN(C[C@H](c2cccc(-c3nccs3)c2)N(CCc2ccccc2)C(=O)O)C1. The molecule has 2 heterocycles. The maximum Gasteiger partial charge on any atom is 0.407 e. The van der Waals surface area contributed by atoms with Gasteiger partial charge in [-0.15, -0.1) is 11.3 Å². The van der Waals surface area contributed by atoms with Crippen molar-refractivity contribution in [3.8, 4) is 10.6 Å². The van der Waals surface area contributed by atoms with E-state index in [2.05, 4.69) is 68.0 Å². The van der Waals surface area contributed by atoms with E-state index in [4.69, 9.17) is 4.43 Å². The largest absolute Gasteiger partial charge is 0.465 e. The maximum atomic E-state index is 12.7. The van der Waals surface area contributed by atoms with E-state index in [9.17, 15) is 9.90 Å². The molecule has 3 aromatic rings. The Labute approximate surface area is 232 Å². The molecule has 0 aliphatic carbocycles. The summed E-state index contributed by atoms with van der Waals surface area (Å²) in [6, 6.07) is 18.1. The van der Waals surface area contributed by atoms with Crippen LogP contribution in [0.4, 0.5) is 4.79 Å². The van der Waals surface area contributed by atoms with E-state index in [1.807, 2.05) is 35.7 Å². The lowest BCUT2D eigenvalue weighted by atomic mass is 10.0. The third-order valence-corrected chi connectivity index (χ3v) is 13.3. The molecule has 0 spiro atoms. The highest BCUT2D eigenvalue weighted by molar-refractivity contribution is 7.13. The van der Waals surface area contributed by atoms with Gasteiger partial charge in [-0.05, 0) is 48.2 Å². The van der Waals surface area contributed by atoms with E-state index in [0.29, 0.717) is 19.5 Å². The first kappa shape index (κ1) is 28.5. The maximum absolute atomic E-state index is 12.7. The number of nitrogens with zero attached hydrogens (tertiary/aromatic N) is 3. The van der Waals surface area contributed by atoms with E-state index >= 15 is 0 Å². The van der Waals surface area contributed by atoms with Crippen LogP contribution in [0.5, 0.6) is 0 Å². The van der Waals surface area contributed by atoms with Gasteiger partial charge in [0, 0.05) is 43.3 Å². The Hall–Kier alpha value is -2.52. The number of rotatable bonds is 10. The van der Waals surface area contributed by atoms with Gasteiger partial charge in [-0.25, -0.2) is 9.78 Å². The van der Waals surface area contributed by atoms with Gasteiger partial charge in [0.25, 0.3) is 0 Å². The molecule has 8 heteroatoms. The first-order valence-corrected chi connectivity index (χ1v) is 17.3. The number of likely N-dealkylation sites (tertiary alicyclic amines) is 1. The van der Waals surface area contributed by atoms with Crippen LogP contribution >= 0.6 is 11.3 Å². The summed E-state index contributed by atoms with van der Waals surface area (Å²) in [7, 11) is -1.87. The van der Waals surface area contributed by atoms with E-state index in [0.717, 1.165) is 41.2 Å². The molecule has 1 aliphatic rings. The second-order valence-electron chi connectivity index (χ2n) is 11.7. The van der Waals surface area contributed by atoms with Crippen molar-refractivity contribution < 1.29 is 14.3 Å². The lowest BCUT2D eigenvalue weighted by molar-refractivity contribution is 0.107. The van der Waals surface area contributed by atoms with Gasteiger partial charge in [-0.1, -0.05) is 69.3 Å². The van der Waals surface area contributed by atoms with Gasteiger partial charge in [0.2, 0.25) is 0 Å². The van der Waals surface area contributed by atoms with E-state index in [-0.39, 0.29) is 17.2 Å². The molecule has 38 heavy (non-hydrogen) atoms. The highest BCUT2D eigenvalue weighted by Gasteiger charge is 2.41. The molecule has 0 bridgehead atoms. The number of benzene rings is 2. The molecular formula is C30H41N3O3SSi. The predicted molar refractivity (Wildman–Crippen MR) is 158 cm³/mol. The molecular weight excluding hydrogens is 511 g/mol. The van der Waals surface area contributed by atoms with Crippen LogP contribution in [0.1, 0.15) is 44.4 Å². The van der Waals surface area contributed by atoms with E-state index < -0.39 is 14.4 Å². The highest BCUT2D eigenvalue weighted by Crippen LogP contribution is 2.38. The minimum absolute atomic E-state index is 0.163. The van der Waals surface area contributed by atoms with Gasteiger partial charge in [-0.2, -0.15) is 0 Å². The number of thiazole rings is 1. The average molecular weight is 552 g/mol. The summed E-state index contributed by atoms with van der Waals surface area (Å²) in [5.74, 6) is 0. The van der Waals surface area contributed by atoms with E-state index in [1.165, 1.54) is 0 Å². The van der Waals surface area contributed by atoms with Crippen LogP contribution in [-0.2, 0) is 10.8 Å². The fourth-order valence-electron chi connectivity index (χ4n) is 4.81. The zero-order chi connectivity index (χ0) is 27.3. The van der Waals surface area contributed by atoms with Gasteiger partial charge in [-0.3, -0.25) is 9.80 Å². The second-order valence-corrected chi connectivity index (χ2v) is 17.4. The van der Waals surface area contributed by atoms with Crippen LogP contribution < -0.4 is 0 Å². The summed E-state index contributed by atoms with van der Waals surface area (Å²) < 4.78 is 6.72. The number of carbonyl (C=O) groups is 1. The minimum atomic E-state index is -1.87. The summed E-state index contributed by atoms with van der Waals surface area (Å²) in [5, 5.41) is 13.5. The third-order valence-electron chi connectivity index (χ3n) is 7.98. The third kappa shape index (κ3) is 7.11. The second kappa shape index (κ2) is 12.1. The number of hydrogen-bond acceptors (Lipinski definition) is 5.